The largest absolute Gasteiger partial charge is 0.322 e. The number of halogens is 1. The van der Waals surface area contributed by atoms with E-state index in [2.05, 4.69) is 26.2 Å². The SMILES string of the molecule is O=C(Nc1ccc(S(=O)(=O)N2CCCC[C@@H]2c2cccnc2)cc1)c1cccc(Br)c1. The molecule has 0 aliphatic carbocycles. The van der Waals surface area contributed by atoms with Gasteiger partial charge in [0.1, 0.15) is 0 Å². The number of benzene rings is 2. The Kier molecular flexibility index (Phi) is 6.50. The van der Waals surface area contributed by atoms with Crippen LogP contribution in [-0.2, 0) is 10.0 Å². The zero-order valence-electron chi connectivity index (χ0n) is 16.7. The highest BCUT2D eigenvalue weighted by Crippen LogP contribution is 2.35. The Morgan fingerprint density at radius 3 is 2.58 bits per heavy atom. The van der Waals surface area contributed by atoms with E-state index in [-0.39, 0.29) is 16.8 Å². The first kappa shape index (κ1) is 21.7. The number of pyridine rings is 1. The lowest BCUT2D eigenvalue weighted by molar-refractivity contribution is 0.102. The first-order valence-corrected chi connectivity index (χ1v) is 12.3. The lowest BCUT2D eigenvalue weighted by Gasteiger charge is -2.34. The summed E-state index contributed by atoms with van der Waals surface area (Å²) in [6, 6.07) is 16.9. The number of amides is 1. The van der Waals surface area contributed by atoms with Crippen molar-refractivity contribution in [2.24, 2.45) is 0 Å². The second-order valence-electron chi connectivity index (χ2n) is 7.40. The molecule has 160 valence electrons. The molecule has 1 atom stereocenters. The Balaban J connectivity index is 1.54. The summed E-state index contributed by atoms with van der Waals surface area (Å²) in [5, 5.41) is 2.80. The molecule has 0 unspecified atom stereocenters. The number of piperidine rings is 1. The molecule has 0 saturated carbocycles. The van der Waals surface area contributed by atoms with Crippen molar-refractivity contribution in [3.8, 4) is 0 Å². The van der Waals surface area contributed by atoms with Crippen LogP contribution in [0, 0.1) is 0 Å². The number of hydrogen-bond donors (Lipinski definition) is 1. The summed E-state index contributed by atoms with van der Waals surface area (Å²) in [6.07, 6.45) is 6.00. The zero-order chi connectivity index (χ0) is 21.8. The summed E-state index contributed by atoms with van der Waals surface area (Å²) in [6.45, 7) is 0.475. The molecule has 31 heavy (non-hydrogen) atoms. The van der Waals surface area contributed by atoms with E-state index in [9.17, 15) is 13.2 Å². The number of sulfonamides is 1. The summed E-state index contributed by atoms with van der Waals surface area (Å²) in [4.78, 5) is 16.8. The van der Waals surface area contributed by atoms with Crippen LogP contribution in [0.25, 0.3) is 0 Å². The van der Waals surface area contributed by atoms with Gasteiger partial charge in [0.05, 0.1) is 10.9 Å². The number of hydrogen-bond acceptors (Lipinski definition) is 4. The van der Waals surface area contributed by atoms with Crippen LogP contribution in [0.5, 0.6) is 0 Å². The molecule has 1 aromatic heterocycles. The monoisotopic (exact) mass is 499 g/mol. The van der Waals surface area contributed by atoms with E-state index in [4.69, 9.17) is 0 Å². The van der Waals surface area contributed by atoms with Crippen molar-refractivity contribution < 1.29 is 13.2 Å². The average Bonchev–Trinajstić information content (AvgIpc) is 2.80. The normalized spacial score (nSPS) is 17.3. The topological polar surface area (TPSA) is 79.4 Å². The quantitative estimate of drug-likeness (QED) is 0.534. The molecule has 0 bridgehead atoms. The third-order valence-electron chi connectivity index (χ3n) is 5.33. The van der Waals surface area contributed by atoms with Crippen LogP contribution in [0.4, 0.5) is 5.69 Å². The first-order valence-electron chi connectivity index (χ1n) is 10.0. The molecule has 4 rings (SSSR count). The molecule has 1 aliphatic heterocycles. The third-order valence-corrected chi connectivity index (χ3v) is 7.74. The predicted molar refractivity (Wildman–Crippen MR) is 123 cm³/mol. The maximum atomic E-state index is 13.4. The number of carbonyl (C=O) groups excluding carboxylic acids is 1. The predicted octanol–water partition coefficient (Wildman–Crippen LogP) is 5.01. The van der Waals surface area contributed by atoms with E-state index >= 15 is 0 Å². The van der Waals surface area contributed by atoms with E-state index in [1.54, 1.807) is 59.2 Å². The smallest absolute Gasteiger partial charge is 0.255 e. The second-order valence-corrected chi connectivity index (χ2v) is 10.2. The molecular weight excluding hydrogens is 478 g/mol. The minimum atomic E-state index is -3.68. The minimum Gasteiger partial charge on any atom is -0.322 e. The Hall–Kier alpha value is -2.55. The van der Waals surface area contributed by atoms with Crippen LogP contribution in [0.1, 0.15) is 41.2 Å². The van der Waals surface area contributed by atoms with Crippen LogP contribution in [-0.4, -0.2) is 30.2 Å². The maximum absolute atomic E-state index is 13.4. The van der Waals surface area contributed by atoms with Gasteiger partial charge >= 0.3 is 0 Å². The molecule has 1 aliphatic rings. The summed E-state index contributed by atoms with van der Waals surface area (Å²) < 4.78 is 29.1. The highest BCUT2D eigenvalue weighted by Gasteiger charge is 2.34. The van der Waals surface area contributed by atoms with Crippen molar-refractivity contribution in [2.75, 3.05) is 11.9 Å². The molecule has 1 N–H and O–H groups in total. The lowest BCUT2D eigenvalue weighted by atomic mass is 9.99. The Labute approximate surface area is 190 Å². The van der Waals surface area contributed by atoms with Crippen molar-refractivity contribution in [3.05, 3.63) is 88.7 Å². The molecule has 1 saturated heterocycles. The van der Waals surface area contributed by atoms with Crippen LogP contribution >= 0.6 is 15.9 Å². The lowest BCUT2D eigenvalue weighted by Crippen LogP contribution is -2.38. The van der Waals surface area contributed by atoms with E-state index < -0.39 is 10.0 Å². The van der Waals surface area contributed by atoms with Gasteiger partial charge in [0.15, 0.2) is 0 Å². The standard InChI is InChI=1S/C23H22BrN3O3S/c24-19-7-3-5-17(15-19)23(28)26-20-9-11-21(12-10-20)31(29,30)27-14-2-1-8-22(27)18-6-4-13-25-16-18/h3-7,9-13,15-16,22H,1-2,8,14H2,(H,26,28)/t22-/m1/s1. The molecule has 1 amide bonds. The molecule has 2 aromatic carbocycles. The molecule has 6 nitrogen and oxygen atoms in total. The number of rotatable bonds is 5. The van der Waals surface area contributed by atoms with Gasteiger partial charge in [0.2, 0.25) is 10.0 Å². The van der Waals surface area contributed by atoms with Gasteiger partial charge in [-0.1, -0.05) is 34.5 Å². The molecular formula is C23H22BrN3O3S. The Morgan fingerprint density at radius 1 is 1.06 bits per heavy atom. The third kappa shape index (κ3) is 4.87. The number of anilines is 1. The van der Waals surface area contributed by atoms with Crippen LogP contribution < -0.4 is 5.32 Å². The highest BCUT2D eigenvalue weighted by molar-refractivity contribution is 9.10. The van der Waals surface area contributed by atoms with Crippen LogP contribution in [0.3, 0.4) is 0 Å². The summed E-state index contributed by atoms with van der Waals surface area (Å²) in [5.41, 5.74) is 1.95. The van der Waals surface area contributed by atoms with Gasteiger partial charge in [-0.25, -0.2) is 8.42 Å². The van der Waals surface area contributed by atoms with Gasteiger partial charge in [0, 0.05) is 34.7 Å². The molecule has 0 radical (unpaired) electrons. The first-order chi connectivity index (χ1) is 14.9. The number of carbonyl (C=O) groups is 1. The van der Waals surface area contributed by atoms with E-state index in [0.29, 0.717) is 17.8 Å². The van der Waals surface area contributed by atoms with E-state index in [1.165, 1.54) is 0 Å². The molecule has 3 aromatic rings. The van der Waals surface area contributed by atoms with Crippen molar-refractivity contribution in [2.45, 2.75) is 30.2 Å². The van der Waals surface area contributed by atoms with Crippen molar-refractivity contribution in [1.82, 2.24) is 9.29 Å². The van der Waals surface area contributed by atoms with Crippen molar-refractivity contribution >= 4 is 37.5 Å². The number of aromatic nitrogens is 1. The number of nitrogens with zero attached hydrogens (tertiary/aromatic N) is 2. The Bertz CT molecular complexity index is 1170. The van der Waals surface area contributed by atoms with Gasteiger partial charge in [-0.3, -0.25) is 9.78 Å². The molecule has 1 fully saturated rings. The van der Waals surface area contributed by atoms with Crippen LogP contribution in [0.15, 0.2) is 82.4 Å². The van der Waals surface area contributed by atoms with Crippen LogP contribution in [0.2, 0.25) is 0 Å². The van der Waals surface area contributed by atoms with Crippen molar-refractivity contribution in [1.29, 1.82) is 0 Å². The fourth-order valence-electron chi connectivity index (χ4n) is 3.78. The van der Waals surface area contributed by atoms with E-state index in [1.807, 2.05) is 18.2 Å². The maximum Gasteiger partial charge on any atom is 0.255 e. The van der Waals surface area contributed by atoms with Crippen molar-refractivity contribution in [3.63, 3.8) is 0 Å². The molecule has 2 heterocycles. The summed E-state index contributed by atoms with van der Waals surface area (Å²) >= 11 is 3.35. The summed E-state index contributed by atoms with van der Waals surface area (Å²) in [5.74, 6) is -0.260. The second kappa shape index (κ2) is 9.30. The van der Waals surface area contributed by atoms with Gasteiger partial charge in [-0.15, -0.1) is 0 Å². The zero-order valence-corrected chi connectivity index (χ0v) is 19.1. The fraction of sp³-hybridized carbons (Fsp3) is 0.217. The van der Waals surface area contributed by atoms with Gasteiger partial charge < -0.3 is 5.32 Å². The molecule has 0 spiro atoms. The number of nitrogens with one attached hydrogen (secondary N) is 1. The van der Waals surface area contributed by atoms with Gasteiger partial charge in [-0.05, 0) is 66.9 Å². The minimum absolute atomic E-state index is 0.212. The van der Waals surface area contributed by atoms with E-state index in [0.717, 1.165) is 29.3 Å². The highest BCUT2D eigenvalue weighted by atomic mass is 79.9. The Morgan fingerprint density at radius 2 is 1.87 bits per heavy atom. The summed E-state index contributed by atoms with van der Waals surface area (Å²) in [7, 11) is -3.68. The fourth-order valence-corrected chi connectivity index (χ4v) is 5.86. The van der Waals surface area contributed by atoms with Gasteiger partial charge in [0.25, 0.3) is 5.91 Å². The molecule has 8 heteroatoms. The average molecular weight is 500 g/mol. The van der Waals surface area contributed by atoms with Gasteiger partial charge in [-0.2, -0.15) is 4.31 Å².